The molecule has 0 aliphatic carbocycles. The smallest absolute Gasteiger partial charge is 0.116 e. The molecule has 0 aliphatic heterocycles. The van der Waals surface area contributed by atoms with Crippen molar-refractivity contribution in [2.24, 2.45) is 4.99 Å². The summed E-state index contributed by atoms with van der Waals surface area (Å²) in [5, 5.41) is 9.71. The van der Waals surface area contributed by atoms with Crippen LogP contribution in [0.4, 0.5) is 11.4 Å². The van der Waals surface area contributed by atoms with Crippen LogP contribution in [0.25, 0.3) is 0 Å². The van der Waals surface area contributed by atoms with Crippen LogP contribution in [0.3, 0.4) is 0 Å². The summed E-state index contributed by atoms with van der Waals surface area (Å²) < 4.78 is 0. The first kappa shape index (κ1) is 22.6. The van der Waals surface area contributed by atoms with E-state index in [9.17, 15) is 5.11 Å². The van der Waals surface area contributed by atoms with Gasteiger partial charge in [0.2, 0.25) is 0 Å². The van der Waals surface area contributed by atoms with Gasteiger partial charge >= 0.3 is 0 Å². The van der Waals surface area contributed by atoms with Crippen LogP contribution in [0.15, 0.2) is 53.5 Å². The van der Waals surface area contributed by atoms with Crippen LogP contribution in [-0.4, -0.2) is 11.3 Å². The van der Waals surface area contributed by atoms with Crippen LogP contribution in [0.1, 0.15) is 78.5 Å². The number of hydrogen-bond acceptors (Lipinski definition) is 3. The van der Waals surface area contributed by atoms with Crippen LogP contribution in [0.5, 0.6) is 5.75 Å². The number of phenolic OH excluding ortho intramolecular Hbond substituents is 1. The van der Waals surface area contributed by atoms with Gasteiger partial charge in [0.1, 0.15) is 5.75 Å². The third-order valence-electron chi connectivity index (χ3n) is 5.73. The van der Waals surface area contributed by atoms with E-state index in [1.165, 1.54) is 22.3 Å². The number of aromatic hydroxyl groups is 1. The minimum absolute atomic E-state index is 0.250. The lowest BCUT2D eigenvalue weighted by molar-refractivity contribution is 0.475. The number of nitrogen functional groups attached to an aromatic ring is 1. The highest BCUT2D eigenvalue weighted by Crippen LogP contribution is 2.33. The van der Waals surface area contributed by atoms with Gasteiger partial charge in [0.05, 0.1) is 5.69 Å². The first-order valence-electron chi connectivity index (χ1n) is 11.0. The molecule has 3 aromatic carbocycles. The second-order valence-corrected chi connectivity index (χ2v) is 9.11. The molecule has 3 heteroatoms. The number of anilines is 1. The average Bonchev–Trinajstić information content (AvgIpc) is 2.69. The Morgan fingerprint density at radius 1 is 0.871 bits per heavy atom. The summed E-state index contributed by atoms with van der Waals surface area (Å²) >= 11 is 0. The molecule has 3 nitrogen and oxygen atoms in total. The predicted octanol–water partition coefficient (Wildman–Crippen LogP) is 7.18. The first-order chi connectivity index (χ1) is 14.7. The summed E-state index contributed by atoms with van der Waals surface area (Å²) in [5.41, 5.74) is 16.5. The molecule has 0 saturated heterocycles. The molecule has 0 amide bonds. The predicted molar refractivity (Wildman–Crippen MR) is 133 cm³/mol. The van der Waals surface area contributed by atoms with Crippen molar-refractivity contribution < 1.29 is 5.11 Å². The number of hydrogen-bond donors (Lipinski definition) is 2. The quantitative estimate of drug-likeness (QED) is 0.331. The Labute approximate surface area is 186 Å². The highest BCUT2D eigenvalue weighted by atomic mass is 16.3. The van der Waals surface area contributed by atoms with Crippen molar-refractivity contribution in [3.8, 4) is 5.75 Å². The van der Waals surface area contributed by atoms with Gasteiger partial charge < -0.3 is 10.8 Å². The molecular formula is C28H34N2O. The molecule has 0 unspecified atom stereocenters. The summed E-state index contributed by atoms with van der Waals surface area (Å²) in [6.45, 7) is 13.0. The standard InChI is InChI=1S/C28H34N2O/c1-17(2)25-14-22(10-19(5)27(25)29)12-23-11-20(6)28(26(15-23)18(3)4)30-16-21-8-7-9-24(31)13-21/h7-11,13-18,31H,12,29H2,1-6H3/b30-16+. The van der Waals surface area contributed by atoms with Gasteiger partial charge in [-0.3, -0.25) is 4.99 Å². The fourth-order valence-electron chi connectivity index (χ4n) is 4.06. The molecule has 0 saturated carbocycles. The van der Waals surface area contributed by atoms with Crippen molar-refractivity contribution in [2.45, 2.75) is 59.8 Å². The normalized spacial score (nSPS) is 11.7. The summed E-state index contributed by atoms with van der Waals surface area (Å²) in [7, 11) is 0. The monoisotopic (exact) mass is 414 g/mol. The maximum absolute atomic E-state index is 9.71. The number of nitrogens with zero attached hydrogens (tertiary/aromatic N) is 1. The Morgan fingerprint density at radius 2 is 1.48 bits per heavy atom. The van der Waals surface area contributed by atoms with Crippen LogP contribution < -0.4 is 5.73 Å². The minimum atomic E-state index is 0.250. The van der Waals surface area contributed by atoms with Crippen LogP contribution in [-0.2, 0) is 6.42 Å². The van der Waals surface area contributed by atoms with E-state index in [1.807, 2.05) is 18.3 Å². The van der Waals surface area contributed by atoms with Crippen molar-refractivity contribution >= 4 is 17.6 Å². The van der Waals surface area contributed by atoms with Crippen molar-refractivity contribution in [3.63, 3.8) is 0 Å². The van der Waals surface area contributed by atoms with E-state index >= 15 is 0 Å². The zero-order chi connectivity index (χ0) is 22.7. The molecule has 0 aromatic heterocycles. The molecule has 0 radical (unpaired) electrons. The second-order valence-electron chi connectivity index (χ2n) is 9.11. The SMILES string of the molecule is Cc1cc(Cc2cc(C)c(/N=C/c3cccc(O)c3)c(C(C)C)c2)cc(C(C)C)c1N. The molecule has 0 fully saturated rings. The molecule has 0 heterocycles. The van der Waals surface area contributed by atoms with E-state index in [4.69, 9.17) is 10.7 Å². The number of phenols is 1. The van der Waals surface area contributed by atoms with Gasteiger partial charge in [0.25, 0.3) is 0 Å². The van der Waals surface area contributed by atoms with Crippen LogP contribution in [0, 0.1) is 13.8 Å². The van der Waals surface area contributed by atoms with E-state index in [1.54, 1.807) is 12.1 Å². The second kappa shape index (κ2) is 9.38. The Hall–Kier alpha value is -3.07. The third-order valence-corrected chi connectivity index (χ3v) is 5.73. The topological polar surface area (TPSA) is 58.6 Å². The highest BCUT2D eigenvalue weighted by molar-refractivity contribution is 5.83. The largest absolute Gasteiger partial charge is 0.508 e. The molecule has 0 spiro atoms. The molecule has 3 rings (SSSR count). The molecule has 0 atom stereocenters. The Bertz CT molecular complexity index is 1110. The van der Waals surface area contributed by atoms with Crippen molar-refractivity contribution in [1.29, 1.82) is 0 Å². The summed E-state index contributed by atoms with van der Waals surface area (Å²) in [5.74, 6) is 1.01. The van der Waals surface area contributed by atoms with Crippen LogP contribution >= 0.6 is 0 Å². The zero-order valence-corrected chi connectivity index (χ0v) is 19.5. The van der Waals surface area contributed by atoms with Crippen molar-refractivity contribution in [2.75, 3.05) is 5.73 Å². The number of aryl methyl sites for hydroxylation is 2. The Kier molecular flexibility index (Phi) is 6.84. The Balaban J connectivity index is 1.97. The van der Waals surface area contributed by atoms with Gasteiger partial charge in [-0.05, 0) is 83.2 Å². The van der Waals surface area contributed by atoms with Gasteiger partial charge in [0, 0.05) is 11.9 Å². The molecule has 0 aliphatic rings. The zero-order valence-electron chi connectivity index (χ0n) is 19.5. The first-order valence-corrected chi connectivity index (χ1v) is 11.0. The van der Waals surface area contributed by atoms with E-state index in [2.05, 4.69) is 65.8 Å². The third kappa shape index (κ3) is 5.35. The van der Waals surface area contributed by atoms with Gasteiger partial charge in [-0.1, -0.05) is 64.1 Å². The van der Waals surface area contributed by atoms with Gasteiger partial charge in [-0.25, -0.2) is 0 Å². The molecule has 3 N–H and O–H groups in total. The molecule has 3 aromatic rings. The molecule has 0 bridgehead atoms. The lowest BCUT2D eigenvalue weighted by atomic mass is 9.90. The summed E-state index contributed by atoms with van der Waals surface area (Å²) in [6, 6.07) is 16.1. The number of aliphatic imine (C=N–C) groups is 1. The average molecular weight is 415 g/mol. The molecule has 162 valence electrons. The number of benzene rings is 3. The van der Waals surface area contributed by atoms with E-state index in [0.717, 1.165) is 34.5 Å². The summed E-state index contributed by atoms with van der Waals surface area (Å²) in [6.07, 6.45) is 2.70. The van der Waals surface area contributed by atoms with E-state index in [0.29, 0.717) is 11.8 Å². The maximum atomic E-state index is 9.71. The van der Waals surface area contributed by atoms with E-state index in [-0.39, 0.29) is 5.75 Å². The fraction of sp³-hybridized carbons (Fsp3) is 0.321. The van der Waals surface area contributed by atoms with Crippen LogP contribution in [0.2, 0.25) is 0 Å². The maximum Gasteiger partial charge on any atom is 0.116 e. The molecule has 31 heavy (non-hydrogen) atoms. The number of rotatable bonds is 6. The fourth-order valence-corrected chi connectivity index (χ4v) is 4.06. The highest BCUT2D eigenvalue weighted by Gasteiger charge is 2.13. The van der Waals surface area contributed by atoms with Gasteiger partial charge in [0.15, 0.2) is 0 Å². The Morgan fingerprint density at radius 3 is 2.10 bits per heavy atom. The van der Waals surface area contributed by atoms with E-state index < -0.39 is 0 Å². The van der Waals surface area contributed by atoms with Crippen molar-refractivity contribution in [3.05, 3.63) is 87.5 Å². The minimum Gasteiger partial charge on any atom is -0.508 e. The lowest BCUT2D eigenvalue weighted by Crippen LogP contribution is -2.02. The summed E-state index contributed by atoms with van der Waals surface area (Å²) in [4.78, 5) is 4.80. The molecular weight excluding hydrogens is 380 g/mol. The van der Waals surface area contributed by atoms with Gasteiger partial charge in [-0.15, -0.1) is 0 Å². The van der Waals surface area contributed by atoms with Gasteiger partial charge in [-0.2, -0.15) is 0 Å². The van der Waals surface area contributed by atoms with Crippen molar-refractivity contribution in [1.82, 2.24) is 0 Å². The lowest BCUT2D eigenvalue weighted by Gasteiger charge is -2.17. The number of nitrogens with two attached hydrogens (primary N) is 1.